The van der Waals surface area contributed by atoms with Gasteiger partial charge in [-0.25, -0.2) is 9.97 Å². The summed E-state index contributed by atoms with van der Waals surface area (Å²) < 4.78 is 39.8. The molecule has 142 valence electrons. The fraction of sp³-hybridized carbons (Fsp3) is 0.250. The molecule has 11 heteroatoms. The number of hydrogen-bond donors (Lipinski definition) is 3. The molecule has 2 heterocycles. The van der Waals surface area contributed by atoms with Crippen molar-refractivity contribution < 1.29 is 23.4 Å². The van der Waals surface area contributed by atoms with Gasteiger partial charge in [0.15, 0.2) is 5.82 Å². The van der Waals surface area contributed by atoms with Gasteiger partial charge < -0.3 is 15.9 Å². The summed E-state index contributed by atoms with van der Waals surface area (Å²) in [4.78, 5) is 9.41. The molecule has 1 atom stereocenters. The van der Waals surface area contributed by atoms with E-state index in [0.717, 1.165) is 16.9 Å². The average molecular weight is 380 g/mol. The number of aryl methyl sites for hydroxylation is 1. The molecule has 4 N–H and O–H groups in total. The smallest absolute Gasteiger partial charge is 0.393 e. The predicted octanol–water partition coefficient (Wildman–Crippen LogP) is 1.36. The Morgan fingerprint density at radius 1 is 1.19 bits per heavy atom. The van der Waals surface area contributed by atoms with Gasteiger partial charge in [-0.2, -0.15) is 23.4 Å². The lowest BCUT2D eigenvalue weighted by Gasteiger charge is -2.29. The lowest BCUT2D eigenvalue weighted by molar-refractivity contribution is -0.277. The van der Waals surface area contributed by atoms with E-state index < -0.39 is 23.9 Å². The topological polar surface area (TPSA) is 123 Å². The molecule has 0 saturated carbocycles. The van der Waals surface area contributed by atoms with Crippen molar-refractivity contribution >= 4 is 5.82 Å². The SMILES string of the molecule is Cc1ccc([C@](O)(CO)C(F)(F)F)cc1-c1cnc(N)c(-n2nccn2)n1. The van der Waals surface area contributed by atoms with Gasteiger partial charge in [0.1, 0.15) is 0 Å². The first kappa shape index (κ1) is 18.7. The number of hydrogen-bond acceptors (Lipinski definition) is 7. The van der Waals surface area contributed by atoms with Crippen LogP contribution < -0.4 is 5.73 Å². The fourth-order valence-electron chi connectivity index (χ4n) is 2.49. The van der Waals surface area contributed by atoms with Crippen LogP contribution in [0.3, 0.4) is 0 Å². The Kier molecular flexibility index (Phi) is 4.57. The molecule has 0 aliphatic rings. The highest BCUT2D eigenvalue weighted by molar-refractivity contribution is 5.66. The van der Waals surface area contributed by atoms with E-state index in [-0.39, 0.29) is 22.9 Å². The summed E-state index contributed by atoms with van der Waals surface area (Å²) in [5, 5.41) is 27.0. The van der Waals surface area contributed by atoms with Crippen LogP contribution in [-0.2, 0) is 5.60 Å². The molecule has 1 aromatic carbocycles. The first-order valence-corrected chi connectivity index (χ1v) is 7.68. The standard InChI is InChI=1S/C16H15F3N6O2/c1-9-2-3-10(15(27,8-26)16(17,18)19)6-11(9)12-7-21-13(20)14(24-12)25-22-4-5-23-25/h2-7,26-27H,8H2,1H3,(H2,20,21)/t15-/m1/s1. The maximum atomic E-state index is 13.3. The highest BCUT2D eigenvalue weighted by Crippen LogP contribution is 2.40. The zero-order chi connectivity index (χ0) is 19.8. The van der Waals surface area contributed by atoms with Gasteiger partial charge in [-0.15, -0.1) is 4.80 Å². The van der Waals surface area contributed by atoms with E-state index in [1.54, 1.807) is 6.92 Å². The molecule has 2 aromatic heterocycles. The second-order valence-corrected chi connectivity index (χ2v) is 5.83. The van der Waals surface area contributed by atoms with Crippen molar-refractivity contribution in [2.24, 2.45) is 0 Å². The highest BCUT2D eigenvalue weighted by Gasteiger charge is 2.54. The molecular formula is C16H15F3N6O2. The van der Waals surface area contributed by atoms with Crippen molar-refractivity contribution in [2.75, 3.05) is 12.3 Å². The number of nitrogens with zero attached hydrogens (tertiary/aromatic N) is 5. The Hall–Kier alpha value is -3.05. The van der Waals surface area contributed by atoms with Gasteiger partial charge in [-0.3, -0.25) is 0 Å². The minimum atomic E-state index is -5.06. The van der Waals surface area contributed by atoms with Crippen molar-refractivity contribution in [2.45, 2.75) is 18.7 Å². The summed E-state index contributed by atoms with van der Waals surface area (Å²) in [6, 6.07) is 3.60. The van der Waals surface area contributed by atoms with Crippen LogP contribution in [-0.4, -0.2) is 48.0 Å². The second-order valence-electron chi connectivity index (χ2n) is 5.83. The number of aliphatic hydroxyl groups excluding tert-OH is 1. The second kappa shape index (κ2) is 6.59. The van der Waals surface area contributed by atoms with Crippen LogP contribution in [0.4, 0.5) is 19.0 Å². The van der Waals surface area contributed by atoms with E-state index in [1.807, 2.05) is 0 Å². The Bertz CT molecular complexity index is 961. The van der Waals surface area contributed by atoms with Gasteiger partial charge >= 0.3 is 6.18 Å². The third-order valence-corrected chi connectivity index (χ3v) is 4.08. The first-order chi connectivity index (χ1) is 12.7. The van der Waals surface area contributed by atoms with Crippen LogP contribution in [0.2, 0.25) is 0 Å². The molecule has 0 saturated heterocycles. The third-order valence-electron chi connectivity index (χ3n) is 4.08. The molecule has 0 bridgehead atoms. The molecule has 0 fully saturated rings. The molecule has 0 aliphatic carbocycles. The number of anilines is 1. The summed E-state index contributed by atoms with van der Waals surface area (Å²) >= 11 is 0. The average Bonchev–Trinajstić information content (AvgIpc) is 3.15. The normalized spacial score (nSPS) is 14.1. The van der Waals surface area contributed by atoms with Crippen LogP contribution in [0.15, 0.2) is 36.8 Å². The molecule has 3 rings (SSSR count). The van der Waals surface area contributed by atoms with Crippen molar-refractivity contribution in [3.05, 3.63) is 47.9 Å². The molecular weight excluding hydrogens is 365 g/mol. The molecule has 8 nitrogen and oxygen atoms in total. The minimum Gasteiger partial charge on any atom is -0.393 e. The number of nitrogens with two attached hydrogens (primary N) is 1. The number of aliphatic hydroxyl groups is 2. The monoisotopic (exact) mass is 380 g/mol. The van der Waals surface area contributed by atoms with Crippen molar-refractivity contribution in [1.29, 1.82) is 0 Å². The van der Waals surface area contributed by atoms with Crippen LogP contribution >= 0.6 is 0 Å². The summed E-state index contributed by atoms with van der Waals surface area (Å²) in [7, 11) is 0. The van der Waals surface area contributed by atoms with Crippen molar-refractivity contribution in [3.8, 4) is 17.1 Å². The number of aromatic nitrogens is 5. The molecule has 27 heavy (non-hydrogen) atoms. The summed E-state index contributed by atoms with van der Waals surface area (Å²) in [5.74, 6) is 0.140. The van der Waals surface area contributed by atoms with E-state index in [9.17, 15) is 23.4 Å². The van der Waals surface area contributed by atoms with Crippen molar-refractivity contribution in [1.82, 2.24) is 25.0 Å². The van der Waals surface area contributed by atoms with Crippen molar-refractivity contribution in [3.63, 3.8) is 0 Å². The fourth-order valence-corrected chi connectivity index (χ4v) is 2.49. The van der Waals surface area contributed by atoms with E-state index in [1.165, 1.54) is 24.7 Å². The van der Waals surface area contributed by atoms with E-state index in [4.69, 9.17) is 5.73 Å². The van der Waals surface area contributed by atoms with Crippen LogP contribution in [0.5, 0.6) is 0 Å². The molecule has 0 amide bonds. The Balaban J connectivity index is 2.15. The number of halogens is 3. The third kappa shape index (κ3) is 3.22. The predicted molar refractivity (Wildman–Crippen MR) is 88.6 cm³/mol. The molecule has 0 radical (unpaired) electrons. The maximum absolute atomic E-state index is 13.3. The van der Waals surface area contributed by atoms with Crippen LogP contribution in [0, 0.1) is 6.92 Å². The zero-order valence-corrected chi connectivity index (χ0v) is 14.0. The number of nitrogen functional groups attached to an aromatic ring is 1. The molecule has 3 aromatic rings. The summed E-state index contributed by atoms with van der Waals surface area (Å²) in [6.45, 7) is 0.142. The minimum absolute atomic E-state index is 0.0333. The van der Waals surface area contributed by atoms with Gasteiger partial charge in [-0.05, 0) is 24.1 Å². The molecule has 0 spiro atoms. The quantitative estimate of drug-likeness (QED) is 0.624. The van der Waals surface area contributed by atoms with Gasteiger partial charge in [0.25, 0.3) is 0 Å². The number of rotatable bonds is 4. The van der Waals surface area contributed by atoms with E-state index in [2.05, 4.69) is 20.2 Å². The van der Waals surface area contributed by atoms with Gasteiger partial charge in [0, 0.05) is 5.56 Å². The summed E-state index contributed by atoms with van der Waals surface area (Å²) in [5.41, 5.74) is 2.93. The van der Waals surface area contributed by atoms with E-state index in [0.29, 0.717) is 5.56 Å². The first-order valence-electron chi connectivity index (χ1n) is 7.68. The largest absolute Gasteiger partial charge is 0.423 e. The zero-order valence-electron chi connectivity index (χ0n) is 14.0. The number of alkyl halides is 3. The maximum Gasteiger partial charge on any atom is 0.423 e. The van der Waals surface area contributed by atoms with E-state index >= 15 is 0 Å². The molecule has 0 aliphatic heterocycles. The Labute approximate surface area is 151 Å². The van der Waals surface area contributed by atoms with Gasteiger partial charge in [0.2, 0.25) is 11.4 Å². The van der Waals surface area contributed by atoms with Gasteiger partial charge in [-0.1, -0.05) is 12.1 Å². The Morgan fingerprint density at radius 2 is 1.85 bits per heavy atom. The lowest BCUT2D eigenvalue weighted by atomic mass is 9.90. The van der Waals surface area contributed by atoms with Crippen LogP contribution in [0.1, 0.15) is 11.1 Å². The molecule has 0 unspecified atom stereocenters. The summed E-state index contributed by atoms with van der Waals surface area (Å²) in [6.07, 6.45) is -0.958. The van der Waals surface area contributed by atoms with Crippen LogP contribution in [0.25, 0.3) is 17.1 Å². The Morgan fingerprint density at radius 3 is 2.44 bits per heavy atom. The lowest BCUT2D eigenvalue weighted by Crippen LogP contribution is -2.45. The van der Waals surface area contributed by atoms with Gasteiger partial charge in [0.05, 0.1) is 30.9 Å². The number of benzene rings is 1. The highest BCUT2D eigenvalue weighted by atomic mass is 19.4.